The van der Waals surface area contributed by atoms with Gasteiger partial charge in [-0.3, -0.25) is 4.90 Å². The van der Waals surface area contributed by atoms with E-state index < -0.39 is 6.29 Å². The molecule has 0 radical (unpaired) electrons. The maximum absolute atomic E-state index is 9.72. The summed E-state index contributed by atoms with van der Waals surface area (Å²) in [4.78, 5) is 2.21. The topological polar surface area (TPSA) is 52.9 Å². The van der Waals surface area contributed by atoms with E-state index in [1.165, 1.54) is 29.2 Å². The summed E-state index contributed by atoms with van der Waals surface area (Å²) >= 11 is 0. The molecule has 4 nitrogen and oxygen atoms in total. The fraction of sp³-hybridized carbons (Fsp3) is 0.630. The van der Waals surface area contributed by atoms with E-state index in [0.717, 1.165) is 56.9 Å². The number of aliphatic hydroxyl groups is 2. The van der Waals surface area contributed by atoms with Gasteiger partial charge in [0.25, 0.3) is 0 Å². The van der Waals surface area contributed by atoms with E-state index >= 15 is 0 Å². The number of hydrogen-bond donors (Lipinski definition) is 2. The van der Waals surface area contributed by atoms with Crippen molar-refractivity contribution in [3.63, 3.8) is 0 Å². The van der Waals surface area contributed by atoms with E-state index in [-0.39, 0.29) is 6.04 Å². The first kappa shape index (κ1) is 22.6. The lowest BCUT2D eigenvalue weighted by Crippen LogP contribution is -2.46. The van der Waals surface area contributed by atoms with Crippen molar-refractivity contribution in [3.05, 3.63) is 42.0 Å². The number of aliphatic hydroxyl groups excluding tert-OH is 1. The summed E-state index contributed by atoms with van der Waals surface area (Å²) in [6.45, 7) is 8.74. The molecule has 1 unspecified atom stereocenters. The first-order valence-electron chi connectivity index (χ1n) is 12.1. The number of fused-ring (bicyclic) bond motifs is 1. The molecule has 0 aromatic heterocycles. The normalized spacial score (nSPS) is 25.8. The fourth-order valence-corrected chi connectivity index (χ4v) is 5.47. The van der Waals surface area contributed by atoms with Crippen molar-refractivity contribution in [1.82, 2.24) is 4.90 Å². The van der Waals surface area contributed by atoms with Crippen molar-refractivity contribution >= 4 is 10.8 Å². The van der Waals surface area contributed by atoms with Gasteiger partial charge in [0.2, 0.25) is 0 Å². The zero-order chi connectivity index (χ0) is 22.0. The molecule has 0 spiro atoms. The Morgan fingerprint density at radius 3 is 2.35 bits per heavy atom. The lowest BCUT2D eigenvalue weighted by Gasteiger charge is -2.37. The van der Waals surface area contributed by atoms with Gasteiger partial charge in [-0.2, -0.15) is 0 Å². The number of likely N-dealkylation sites (tertiary alicyclic amines) is 1. The van der Waals surface area contributed by atoms with Gasteiger partial charge in [0.15, 0.2) is 6.29 Å². The quantitative estimate of drug-likeness (QED) is 0.622. The molecule has 1 heterocycles. The van der Waals surface area contributed by atoms with Crippen LogP contribution in [0.2, 0.25) is 0 Å². The van der Waals surface area contributed by atoms with Crippen LogP contribution in [0.3, 0.4) is 0 Å². The van der Waals surface area contributed by atoms with E-state index in [0.29, 0.717) is 11.5 Å². The van der Waals surface area contributed by atoms with Crippen LogP contribution in [0.5, 0.6) is 5.75 Å². The molecule has 31 heavy (non-hydrogen) atoms. The van der Waals surface area contributed by atoms with Gasteiger partial charge >= 0.3 is 0 Å². The molecule has 4 heteroatoms. The Balaban J connectivity index is 1.39. The van der Waals surface area contributed by atoms with Crippen LogP contribution in [-0.4, -0.2) is 40.1 Å². The van der Waals surface area contributed by atoms with Gasteiger partial charge in [-0.1, -0.05) is 45.4 Å². The number of ether oxygens (including phenoxy) is 1. The van der Waals surface area contributed by atoms with Crippen LogP contribution in [0.25, 0.3) is 10.8 Å². The number of piperidine rings is 1. The second-order valence-electron chi connectivity index (χ2n) is 10.7. The third-order valence-corrected chi connectivity index (χ3v) is 7.47. The van der Waals surface area contributed by atoms with E-state index in [9.17, 15) is 10.2 Å². The average molecular weight is 426 g/mol. The van der Waals surface area contributed by atoms with E-state index in [4.69, 9.17) is 4.74 Å². The van der Waals surface area contributed by atoms with Crippen molar-refractivity contribution in [2.45, 2.75) is 90.7 Å². The molecule has 2 aliphatic rings. The van der Waals surface area contributed by atoms with Gasteiger partial charge in [0.05, 0.1) is 12.1 Å². The summed E-state index contributed by atoms with van der Waals surface area (Å²) in [6.07, 6.45) is 6.90. The Bertz CT molecular complexity index is 864. The molecule has 0 bridgehead atoms. The monoisotopic (exact) mass is 425 g/mol. The Hall–Kier alpha value is -1.62. The third kappa shape index (κ3) is 5.60. The first-order valence-corrected chi connectivity index (χ1v) is 12.1. The molecule has 1 atom stereocenters. The SMILES string of the molecule is CC(C)(C)[C@H]1CC[C@H](Oc2ccc3cc(CN4CCCCC4C(O)O)ccc3c2)CC1. The second-order valence-corrected chi connectivity index (χ2v) is 10.7. The minimum atomic E-state index is -1.26. The minimum absolute atomic E-state index is 0.159. The molecule has 2 aromatic carbocycles. The Kier molecular flexibility index (Phi) is 6.90. The molecule has 4 rings (SSSR count). The zero-order valence-electron chi connectivity index (χ0n) is 19.4. The van der Waals surface area contributed by atoms with E-state index in [1.54, 1.807) is 0 Å². The van der Waals surface area contributed by atoms with Crippen LogP contribution in [0.1, 0.15) is 71.3 Å². The predicted molar refractivity (Wildman–Crippen MR) is 126 cm³/mol. The molecule has 1 saturated heterocycles. The highest BCUT2D eigenvalue weighted by molar-refractivity contribution is 5.84. The van der Waals surface area contributed by atoms with Gasteiger partial charge in [-0.15, -0.1) is 0 Å². The van der Waals surface area contributed by atoms with Gasteiger partial charge in [-0.25, -0.2) is 0 Å². The summed E-state index contributed by atoms with van der Waals surface area (Å²) in [5.74, 6) is 1.77. The molecule has 170 valence electrons. The van der Waals surface area contributed by atoms with Crippen LogP contribution >= 0.6 is 0 Å². The van der Waals surface area contributed by atoms with Crippen LogP contribution in [0, 0.1) is 11.3 Å². The summed E-state index contributed by atoms with van der Waals surface area (Å²) < 4.78 is 6.35. The minimum Gasteiger partial charge on any atom is -0.490 e. The number of hydrogen-bond acceptors (Lipinski definition) is 4. The first-order chi connectivity index (χ1) is 14.8. The lowest BCUT2D eigenvalue weighted by molar-refractivity contribution is -0.112. The van der Waals surface area contributed by atoms with Gasteiger partial charge < -0.3 is 14.9 Å². The van der Waals surface area contributed by atoms with Crippen LogP contribution in [0.15, 0.2) is 36.4 Å². The van der Waals surface area contributed by atoms with Crippen molar-refractivity contribution in [1.29, 1.82) is 0 Å². The van der Waals surface area contributed by atoms with Crippen LogP contribution in [-0.2, 0) is 6.54 Å². The third-order valence-electron chi connectivity index (χ3n) is 7.47. The van der Waals surface area contributed by atoms with Crippen molar-refractivity contribution in [2.75, 3.05) is 6.54 Å². The molecular weight excluding hydrogens is 386 g/mol. The number of benzene rings is 2. The molecule has 1 aliphatic carbocycles. The standard InChI is InChI=1S/C27H39NO3/c1-27(2,3)22-10-13-23(14-11-22)31-24-12-9-20-16-19(7-8-21(20)17-24)18-28-15-5-4-6-25(28)26(29)30/h7-9,12,16-17,22-23,25-26,29-30H,4-6,10-11,13-15,18H2,1-3H3/t22-,23-,25?. The molecule has 1 saturated carbocycles. The van der Waals surface area contributed by atoms with Crippen LogP contribution < -0.4 is 4.74 Å². The molecule has 2 fully saturated rings. The summed E-state index contributed by atoms with van der Waals surface area (Å²) in [6, 6.07) is 12.8. The number of rotatable bonds is 5. The average Bonchev–Trinajstić information content (AvgIpc) is 2.74. The maximum atomic E-state index is 9.72. The van der Waals surface area contributed by atoms with Crippen molar-refractivity contribution in [2.24, 2.45) is 11.3 Å². The van der Waals surface area contributed by atoms with Crippen molar-refractivity contribution in [3.8, 4) is 5.75 Å². The van der Waals surface area contributed by atoms with Gasteiger partial charge in [0.1, 0.15) is 5.75 Å². The molecule has 2 N–H and O–H groups in total. The molecule has 0 amide bonds. The second kappa shape index (κ2) is 9.48. The van der Waals surface area contributed by atoms with Crippen molar-refractivity contribution < 1.29 is 14.9 Å². The summed E-state index contributed by atoms with van der Waals surface area (Å²) in [5, 5.41) is 21.8. The van der Waals surface area contributed by atoms with E-state index in [1.807, 2.05) is 0 Å². The summed E-state index contributed by atoms with van der Waals surface area (Å²) in [5.41, 5.74) is 1.61. The zero-order valence-corrected chi connectivity index (χ0v) is 19.4. The van der Waals surface area contributed by atoms with Gasteiger partial charge in [-0.05, 0) is 90.9 Å². The predicted octanol–water partition coefficient (Wildman–Crippen LogP) is 5.49. The molecule has 1 aliphatic heterocycles. The Labute approximate surface area is 187 Å². The lowest BCUT2D eigenvalue weighted by atomic mass is 9.72. The Morgan fingerprint density at radius 1 is 0.935 bits per heavy atom. The molecular formula is C27H39NO3. The largest absolute Gasteiger partial charge is 0.490 e. The highest BCUT2D eigenvalue weighted by Gasteiger charge is 2.30. The van der Waals surface area contributed by atoms with E-state index in [2.05, 4.69) is 62.1 Å². The smallest absolute Gasteiger partial charge is 0.167 e. The molecule has 2 aromatic rings. The highest BCUT2D eigenvalue weighted by Crippen LogP contribution is 2.39. The number of nitrogens with zero attached hydrogens (tertiary/aromatic N) is 1. The van der Waals surface area contributed by atoms with Gasteiger partial charge in [0, 0.05) is 6.54 Å². The highest BCUT2D eigenvalue weighted by atomic mass is 16.5. The van der Waals surface area contributed by atoms with Crippen LogP contribution in [0.4, 0.5) is 0 Å². The fourth-order valence-electron chi connectivity index (χ4n) is 5.47. The Morgan fingerprint density at radius 2 is 1.65 bits per heavy atom. The summed E-state index contributed by atoms with van der Waals surface area (Å²) in [7, 11) is 0. The maximum Gasteiger partial charge on any atom is 0.167 e.